The van der Waals surface area contributed by atoms with Crippen LogP contribution in [0.1, 0.15) is 5.56 Å². The molecule has 26 heavy (non-hydrogen) atoms. The van der Waals surface area contributed by atoms with Crippen molar-refractivity contribution in [2.24, 2.45) is 0 Å². The molecule has 2 aromatic carbocycles. The van der Waals surface area contributed by atoms with Crippen LogP contribution in [0.2, 0.25) is 0 Å². The Labute approximate surface area is 156 Å². The molecule has 1 amide bonds. The van der Waals surface area contributed by atoms with Crippen LogP contribution in [0.3, 0.4) is 0 Å². The molecule has 0 radical (unpaired) electrons. The molecule has 128 valence electrons. The van der Waals surface area contributed by atoms with Crippen LogP contribution < -0.4 is 10.5 Å². The minimum absolute atomic E-state index is 0.0870. The van der Waals surface area contributed by atoms with E-state index in [2.05, 4.69) is 0 Å². The number of hydrogen-bond donors (Lipinski definition) is 0. The van der Waals surface area contributed by atoms with Gasteiger partial charge in [0.2, 0.25) is 0 Å². The summed E-state index contributed by atoms with van der Waals surface area (Å²) in [6, 6.07) is 14.6. The molecule has 3 aromatic rings. The molecule has 7 heteroatoms. The van der Waals surface area contributed by atoms with Gasteiger partial charge < -0.3 is 4.42 Å². The van der Waals surface area contributed by atoms with Gasteiger partial charge in [0.05, 0.1) is 16.2 Å². The van der Waals surface area contributed by atoms with Gasteiger partial charge in [0.15, 0.2) is 4.32 Å². The van der Waals surface area contributed by atoms with E-state index in [0.717, 1.165) is 22.0 Å². The Morgan fingerprint density at radius 1 is 1.08 bits per heavy atom. The maximum atomic E-state index is 14.0. The Balaban J connectivity index is 1.76. The highest BCUT2D eigenvalue weighted by atomic mass is 32.2. The lowest BCUT2D eigenvalue weighted by Gasteiger charge is -2.14. The second kappa shape index (κ2) is 6.51. The number of carbonyl (C=O) groups excluding carboxylic acids is 1. The summed E-state index contributed by atoms with van der Waals surface area (Å²) in [7, 11) is 0. The molecular formula is C19H10FNO3S2. The van der Waals surface area contributed by atoms with Crippen LogP contribution in [-0.2, 0) is 4.79 Å². The molecule has 1 aliphatic rings. The zero-order valence-corrected chi connectivity index (χ0v) is 14.8. The highest BCUT2D eigenvalue weighted by molar-refractivity contribution is 8.27. The van der Waals surface area contributed by atoms with Crippen molar-refractivity contribution in [1.29, 1.82) is 0 Å². The second-order valence-electron chi connectivity index (χ2n) is 5.50. The third-order valence-corrected chi connectivity index (χ3v) is 5.14. The highest BCUT2D eigenvalue weighted by Crippen LogP contribution is 2.36. The van der Waals surface area contributed by atoms with Crippen molar-refractivity contribution < 1.29 is 13.6 Å². The van der Waals surface area contributed by atoms with Crippen LogP contribution in [0, 0.1) is 5.82 Å². The summed E-state index contributed by atoms with van der Waals surface area (Å²) in [5, 5.41) is 0.739. The first-order valence-electron chi connectivity index (χ1n) is 7.60. The monoisotopic (exact) mass is 383 g/mol. The number of thiocarbonyl (C=S) groups is 1. The molecule has 2 heterocycles. The number of halogens is 1. The smallest absolute Gasteiger partial charge is 0.343 e. The Kier molecular flexibility index (Phi) is 4.18. The van der Waals surface area contributed by atoms with Gasteiger partial charge in [-0.1, -0.05) is 54.3 Å². The van der Waals surface area contributed by atoms with Gasteiger partial charge in [0.1, 0.15) is 11.4 Å². The predicted molar refractivity (Wildman–Crippen MR) is 105 cm³/mol. The van der Waals surface area contributed by atoms with E-state index >= 15 is 0 Å². The number of carbonyl (C=O) groups is 1. The quantitative estimate of drug-likeness (QED) is 0.374. The molecule has 0 atom stereocenters. The fraction of sp³-hybridized carbons (Fsp3) is 0. The molecule has 1 saturated heterocycles. The zero-order chi connectivity index (χ0) is 18.3. The molecule has 1 aromatic heterocycles. The summed E-state index contributed by atoms with van der Waals surface area (Å²) in [6.45, 7) is 0. The Morgan fingerprint density at radius 2 is 1.81 bits per heavy atom. The SMILES string of the molecule is O=C1/C(=C/c2cc3ccccc3oc2=O)SC(=S)N1c1ccccc1F. The van der Waals surface area contributed by atoms with E-state index in [1.54, 1.807) is 30.3 Å². The minimum atomic E-state index is -0.556. The number of fused-ring (bicyclic) bond motifs is 1. The molecule has 1 aliphatic heterocycles. The van der Waals surface area contributed by atoms with E-state index in [9.17, 15) is 14.0 Å². The third kappa shape index (κ3) is 2.85. The summed E-state index contributed by atoms with van der Waals surface area (Å²) >= 11 is 6.24. The molecular weight excluding hydrogens is 373 g/mol. The van der Waals surface area contributed by atoms with Crippen LogP contribution in [0.4, 0.5) is 10.1 Å². The maximum Gasteiger partial charge on any atom is 0.343 e. The standard InChI is InChI=1S/C19H10FNO3S2/c20-13-6-2-3-7-14(13)21-17(22)16(26-19(21)25)10-12-9-11-5-1-4-8-15(11)24-18(12)23/h1-10H/b16-10-. The first-order valence-corrected chi connectivity index (χ1v) is 8.82. The van der Waals surface area contributed by atoms with Crippen LogP contribution >= 0.6 is 24.0 Å². The lowest BCUT2D eigenvalue weighted by molar-refractivity contribution is -0.113. The molecule has 0 spiro atoms. The third-order valence-electron chi connectivity index (χ3n) is 3.84. The summed E-state index contributed by atoms with van der Waals surface area (Å²) < 4.78 is 19.5. The molecule has 0 unspecified atom stereocenters. The van der Waals surface area contributed by atoms with Crippen LogP contribution in [-0.4, -0.2) is 10.2 Å². The van der Waals surface area contributed by atoms with E-state index in [4.69, 9.17) is 16.6 Å². The maximum absolute atomic E-state index is 14.0. The fourth-order valence-electron chi connectivity index (χ4n) is 2.63. The fourth-order valence-corrected chi connectivity index (χ4v) is 3.90. The van der Waals surface area contributed by atoms with E-state index in [1.165, 1.54) is 24.3 Å². The average molecular weight is 383 g/mol. The number of anilines is 1. The van der Waals surface area contributed by atoms with E-state index in [1.807, 2.05) is 6.07 Å². The number of rotatable bonds is 2. The number of amides is 1. The molecule has 0 bridgehead atoms. The van der Waals surface area contributed by atoms with Gasteiger partial charge in [-0.25, -0.2) is 9.18 Å². The van der Waals surface area contributed by atoms with Gasteiger partial charge >= 0.3 is 5.63 Å². The van der Waals surface area contributed by atoms with Gasteiger partial charge in [-0.2, -0.15) is 0 Å². The van der Waals surface area contributed by atoms with E-state index in [-0.39, 0.29) is 20.5 Å². The molecule has 0 aliphatic carbocycles. The largest absolute Gasteiger partial charge is 0.422 e. The van der Waals surface area contributed by atoms with Crippen LogP contribution in [0.5, 0.6) is 0 Å². The normalized spacial score (nSPS) is 16.0. The Hall–Kier alpha value is -2.77. The number of para-hydroxylation sites is 2. The predicted octanol–water partition coefficient (Wildman–Crippen LogP) is 4.34. The van der Waals surface area contributed by atoms with Crippen LogP contribution in [0.15, 0.2) is 68.7 Å². The minimum Gasteiger partial charge on any atom is -0.422 e. The average Bonchev–Trinajstić information content (AvgIpc) is 2.90. The van der Waals surface area contributed by atoms with Crippen molar-refractivity contribution in [1.82, 2.24) is 0 Å². The Bertz CT molecular complexity index is 1150. The summed E-state index contributed by atoms with van der Waals surface area (Å²) in [4.78, 5) is 26.2. The first-order chi connectivity index (χ1) is 12.5. The van der Waals surface area contributed by atoms with Gasteiger partial charge in [0.25, 0.3) is 5.91 Å². The second-order valence-corrected chi connectivity index (χ2v) is 7.17. The topological polar surface area (TPSA) is 50.5 Å². The zero-order valence-electron chi connectivity index (χ0n) is 13.1. The van der Waals surface area contributed by atoms with Gasteiger partial charge in [0, 0.05) is 5.39 Å². The van der Waals surface area contributed by atoms with Crippen molar-refractivity contribution in [3.63, 3.8) is 0 Å². The molecule has 4 rings (SSSR count). The van der Waals surface area contributed by atoms with E-state index < -0.39 is 17.3 Å². The number of hydrogen-bond acceptors (Lipinski definition) is 5. The Morgan fingerprint density at radius 3 is 2.62 bits per heavy atom. The van der Waals surface area contributed by atoms with Gasteiger partial charge in [-0.15, -0.1) is 0 Å². The summed E-state index contributed by atoms with van der Waals surface area (Å²) in [6.07, 6.45) is 1.43. The molecule has 1 fully saturated rings. The summed E-state index contributed by atoms with van der Waals surface area (Å²) in [5.74, 6) is -1.02. The molecule has 0 saturated carbocycles. The molecule has 4 nitrogen and oxygen atoms in total. The van der Waals surface area contributed by atoms with Gasteiger partial charge in [-0.3, -0.25) is 9.69 Å². The van der Waals surface area contributed by atoms with Crippen LogP contribution in [0.25, 0.3) is 17.0 Å². The first kappa shape index (κ1) is 16.7. The highest BCUT2D eigenvalue weighted by Gasteiger charge is 2.34. The lowest BCUT2D eigenvalue weighted by atomic mass is 10.1. The van der Waals surface area contributed by atoms with Crippen molar-refractivity contribution >= 4 is 56.9 Å². The number of nitrogens with zero attached hydrogens (tertiary/aromatic N) is 1. The van der Waals surface area contributed by atoms with Crippen molar-refractivity contribution in [2.45, 2.75) is 0 Å². The van der Waals surface area contributed by atoms with Gasteiger partial charge in [-0.05, 0) is 30.3 Å². The number of benzene rings is 2. The van der Waals surface area contributed by atoms with Crippen molar-refractivity contribution in [2.75, 3.05) is 4.90 Å². The van der Waals surface area contributed by atoms with Crippen molar-refractivity contribution in [3.8, 4) is 0 Å². The van der Waals surface area contributed by atoms with Crippen molar-refractivity contribution in [3.05, 3.63) is 81.3 Å². The number of thioether (sulfide) groups is 1. The lowest BCUT2D eigenvalue weighted by Crippen LogP contribution is -2.28. The summed E-state index contributed by atoms with van der Waals surface area (Å²) in [5.41, 5.74) is 0.232. The van der Waals surface area contributed by atoms with E-state index in [0.29, 0.717) is 5.58 Å². The molecule has 0 N–H and O–H groups in total.